The molecule has 0 aliphatic rings. The van der Waals surface area contributed by atoms with Crippen molar-refractivity contribution in [1.29, 1.82) is 0 Å². The van der Waals surface area contributed by atoms with E-state index < -0.39 is 0 Å². The summed E-state index contributed by atoms with van der Waals surface area (Å²) in [5.74, 6) is 2.12. The highest BCUT2D eigenvalue weighted by molar-refractivity contribution is 5.77. The molecule has 1 atom stereocenters. The van der Waals surface area contributed by atoms with Crippen LogP contribution in [0.25, 0.3) is 11.0 Å². The number of nitrogens with two attached hydrogens (primary N) is 1. The van der Waals surface area contributed by atoms with Crippen molar-refractivity contribution in [2.45, 2.75) is 33.1 Å². The van der Waals surface area contributed by atoms with Gasteiger partial charge in [0.15, 0.2) is 0 Å². The first-order chi connectivity index (χ1) is 8.58. The van der Waals surface area contributed by atoms with Crippen molar-refractivity contribution in [3.05, 3.63) is 29.6 Å². The van der Waals surface area contributed by atoms with Gasteiger partial charge in [0.05, 0.1) is 11.0 Å². The Hall–Kier alpha value is -1.35. The van der Waals surface area contributed by atoms with Crippen molar-refractivity contribution in [2.75, 3.05) is 6.54 Å². The van der Waals surface area contributed by atoms with Crippen LogP contribution in [0.15, 0.2) is 18.2 Å². The number of rotatable bonds is 4. The predicted molar refractivity (Wildman–Crippen MR) is 76.7 cm³/mol. The molecule has 1 unspecified atom stereocenters. The van der Waals surface area contributed by atoms with Crippen LogP contribution in [0.2, 0.25) is 0 Å². The molecule has 0 saturated carbocycles. The number of fused-ring (bicyclic) bond motifs is 1. The normalized spacial score (nSPS) is 13.4. The first kappa shape index (κ1) is 13.1. The zero-order chi connectivity index (χ0) is 13.3. The van der Waals surface area contributed by atoms with Gasteiger partial charge in [0.2, 0.25) is 0 Å². The van der Waals surface area contributed by atoms with Crippen LogP contribution in [0.5, 0.6) is 0 Å². The van der Waals surface area contributed by atoms with Crippen molar-refractivity contribution < 1.29 is 0 Å². The van der Waals surface area contributed by atoms with Crippen molar-refractivity contribution in [2.24, 2.45) is 18.7 Å². The molecule has 98 valence electrons. The number of aromatic nitrogens is 2. The Kier molecular flexibility index (Phi) is 3.71. The molecule has 0 fully saturated rings. The maximum Gasteiger partial charge on any atom is 0.109 e. The van der Waals surface area contributed by atoms with E-state index in [4.69, 9.17) is 5.73 Å². The van der Waals surface area contributed by atoms with Crippen LogP contribution >= 0.6 is 0 Å². The second-order valence-electron chi connectivity index (χ2n) is 5.27. The first-order valence-corrected chi connectivity index (χ1v) is 6.73. The fraction of sp³-hybridized carbons (Fsp3) is 0.533. The van der Waals surface area contributed by atoms with Gasteiger partial charge in [-0.25, -0.2) is 4.98 Å². The molecule has 0 amide bonds. The number of aryl methyl sites for hydroxylation is 2. The lowest BCUT2D eigenvalue weighted by Crippen LogP contribution is -2.17. The Morgan fingerprint density at radius 1 is 1.33 bits per heavy atom. The second kappa shape index (κ2) is 5.11. The van der Waals surface area contributed by atoms with E-state index in [1.54, 1.807) is 0 Å². The van der Waals surface area contributed by atoms with Crippen LogP contribution in [-0.2, 0) is 13.5 Å². The highest BCUT2D eigenvalue weighted by Crippen LogP contribution is 2.26. The van der Waals surface area contributed by atoms with Gasteiger partial charge in [-0.2, -0.15) is 0 Å². The molecule has 1 aromatic heterocycles. The van der Waals surface area contributed by atoms with Gasteiger partial charge in [-0.1, -0.05) is 26.8 Å². The molecule has 18 heavy (non-hydrogen) atoms. The van der Waals surface area contributed by atoms with Gasteiger partial charge in [-0.15, -0.1) is 0 Å². The lowest BCUT2D eigenvalue weighted by atomic mass is 9.88. The molecule has 3 nitrogen and oxygen atoms in total. The molecule has 1 heterocycles. The number of imidazole rings is 1. The number of hydrogen-bond acceptors (Lipinski definition) is 2. The molecule has 2 aromatic rings. The third kappa shape index (κ3) is 2.15. The van der Waals surface area contributed by atoms with E-state index in [0.717, 1.165) is 17.8 Å². The van der Waals surface area contributed by atoms with E-state index in [-0.39, 0.29) is 0 Å². The summed E-state index contributed by atoms with van der Waals surface area (Å²) in [6, 6.07) is 6.54. The molecule has 0 spiro atoms. The fourth-order valence-electron chi connectivity index (χ4n) is 2.60. The van der Waals surface area contributed by atoms with E-state index in [0.29, 0.717) is 18.4 Å². The summed E-state index contributed by atoms with van der Waals surface area (Å²) in [6.07, 6.45) is 0.963. The maximum absolute atomic E-state index is 5.90. The van der Waals surface area contributed by atoms with Crippen molar-refractivity contribution in [3.8, 4) is 0 Å². The van der Waals surface area contributed by atoms with Gasteiger partial charge in [0, 0.05) is 13.5 Å². The first-order valence-electron chi connectivity index (χ1n) is 6.73. The summed E-state index contributed by atoms with van der Waals surface area (Å²) >= 11 is 0. The van der Waals surface area contributed by atoms with Crippen molar-refractivity contribution >= 4 is 11.0 Å². The molecule has 0 aliphatic carbocycles. The van der Waals surface area contributed by atoms with Gasteiger partial charge in [0.25, 0.3) is 0 Å². The lowest BCUT2D eigenvalue weighted by Gasteiger charge is -2.19. The summed E-state index contributed by atoms with van der Waals surface area (Å²) in [5, 5.41) is 0. The van der Waals surface area contributed by atoms with Gasteiger partial charge in [-0.05, 0) is 36.1 Å². The van der Waals surface area contributed by atoms with Crippen molar-refractivity contribution in [3.63, 3.8) is 0 Å². The standard InChI is InChI=1S/C15H23N3/c1-5-15-17-13-7-6-11(8-14(13)18(15)4)12(9-16)10(2)3/h6-8,10,12H,5,9,16H2,1-4H3. The number of nitrogens with zero attached hydrogens (tertiary/aromatic N) is 2. The SMILES string of the molecule is CCc1nc2ccc(C(CN)C(C)C)cc2n1C. The van der Waals surface area contributed by atoms with Crippen LogP contribution < -0.4 is 5.73 Å². The van der Waals surface area contributed by atoms with E-state index in [9.17, 15) is 0 Å². The molecule has 0 radical (unpaired) electrons. The molecule has 0 bridgehead atoms. The molecule has 2 rings (SSSR count). The predicted octanol–water partition coefficient (Wildman–Crippen LogP) is 2.83. The third-order valence-corrected chi connectivity index (χ3v) is 3.80. The second-order valence-corrected chi connectivity index (χ2v) is 5.27. The minimum atomic E-state index is 0.425. The van der Waals surface area contributed by atoms with E-state index in [1.165, 1.54) is 11.1 Å². The van der Waals surface area contributed by atoms with Crippen LogP contribution in [-0.4, -0.2) is 16.1 Å². The monoisotopic (exact) mass is 245 g/mol. The quantitative estimate of drug-likeness (QED) is 0.900. The summed E-state index contributed by atoms with van der Waals surface area (Å²) in [4.78, 5) is 4.63. The van der Waals surface area contributed by atoms with E-state index >= 15 is 0 Å². The van der Waals surface area contributed by atoms with Crippen LogP contribution in [0.3, 0.4) is 0 Å². The summed E-state index contributed by atoms with van der Waals surface area (Å²) < 4.78 is 2.19. The Balaban J connectivity index is 2.52. The Bertz CT molecular complexity index is 540. The molecule has 0 aliphatic heterocycles. The maximum atomic E-state index is 5.90. The largest absolute Gasteiger partial charge is 0.331 e. The molecular weight excluding hydrogens is 222 g/mol. The molecule has 3 heteroatoms. The molecular formula is C15H23N3. The Labute approximate surface area is 109 Å². The summed E-state index contributed by atoms with van der Waals surface area (Å²) in [5.41, 5.74) is 9.51. The van der Waals surface area contributed by atoms with Gasteiger partial charge in [0.1, 0.15) is 5.82 Å². The number of hydrogen-bond donors (Lipinski definition) is 1. The topological polar surface area (TPSA) is 43.8 Å². The molecule has 0 saturated heterocycles. The van der Waals surface area contributed by atoms with Crippen LogP contribution in [0.4, 0.5) is 0 Å². The minimum Gasteiger partial charge on any atom is -0.331 e. The zero-order valence-corrected chi connectivity index (χ0v) is 11.8. The lowest BCUT2D eigenvalue weighted by molar-refractivity contribution is 0.506. The summed E-state index contributed by atoms with van der Waals surface area (Å²) in [6.45, 7) is 7.28. The van der Waals surface area contributed by atoms with Gasteiger partial charge < -0.3 is 10.3 Å². The average molecular weight is 245 g/mol. The fourth-order valence-corrected chi connectivity index (χ4v) is 2.60. The van der Waals surface area contributed by atoms with Gasteiger partial charge in [-0.3, -0.25) is 0 Å². The molecule has 1 aromatic carbocycles. The highest BCUT2D eigenvalue weighted by Gasteiger charge is 2.15. The average Bonchev–Trinajstić information content (AvgIpc) is 2.67. The van der Waals surface area contributed by atoms with Crippen molar-refractivity contribution in [1.82, 2.24) is 9.55 Å². The van der Waals surface area contributed by atoms with E-state index in [1.807, 2.05) is 0 Å². The zero-order valence-electron chi connectivity index (χ0n) is 11.8. The van der Waals surface area contributed by atoms with E-state index in [2.05, 4.69) is 55.6 Å². The van der Waals surface area contributed by atoms with Gasteiger partial charge >= 0.3 is 0 Å². The highest BCUT2D eigenvalue weighted by atomic mass is 15.1. The van der Waals surface area contributed by atoms with Crippen LogP contribution in [0, 0.1) is 5.92 Å². The van der Waals surface area contributed by atoms with Crippen LogP contribution in [0.1, 0.15) is 38.1 Å². The smallest absolute Gasteiger partial charge is 0.109 e. The Morgan fingerprint density at radius 2 is 2.06 bits per heavy atom. The third-order valence-electron chi connectivity index (χ3n) is 3.80. The number of benzene rings is 1. The summed E-state index contributed by atoms with van der Waals surface area (Å²) in [7, 11) is 2.09. The minimum absolute atomic E-state index is 0.425. The Morgan fingerprint density at radius 3 is 2.61 bits per heavy atom. The molecule has 2 N–H and O–H groups in total.